The molecule has 0 aliphatic rings. The minimum Gasteiger partial charge on any atom is -0.744 e. The lowest BCUT2D eigenvalue weighted by Crippen LogP contribution is -1.99. The van der Waals surface area contributed by atoms with Crippen LogP contribution in [0.1, 0.15) is 16.7 Å². The predicted molar refractivity (Wildman–Crippen MR) is 100 cm³/mol. The quantitative estimate of drug-likeness (QED) is 0.508. The van der Waals surface area contributed by atoms with Gasteiger partial charge in [-0.3, -0.25) is 0 Å². The van der Waals surface area contributed by atoms with Crippen LogP contribution in [0, 0.1) is 20.8 Å². The molecule has 7 nitrogen and oxygen atoms in total. The maximum absolute atomic E-state index is 11.5. The molecule has 0 atom stereocenters. The zero-order chi connectivity index (χ0) is 19.9. The van der Waals surface area contributed by atoms with E-state index in [9.17, 15) is 23.2 Å². The maximum Gasteiger partial charge on any atom is 0.146 e. The second-order valence-electron chi connectivity index (χ2n) is 6.27. The van der Waals surface area contributed by atoms with Gasteiger partial charge in [-0.1, -0.05) is 30.3 Å². The Bertz CT molecular complexity index is 1170. The molecule has 0 aliphatic carbocycles. The van der Waals surface area contributed by atoms with E-state index in [2.05, 4.69) is 10.2 Å². The Morgan fingerprint density at radius 1 is 0.889 bits per heavy atom. The first-order valence-corrected chi connectivity index (χ1v) is 9.44. The third kappa shape index (κ3) is 3.36. The number of rotatable bonds is 3. The third-order valence-electron chi connectivity index (χ3n) is 4.45. The van der Waals surface area contributed by atoms with Crippen LogP contribution < -0.4 is 0 Å². The van der Waals surface area contributed by atoms with Gasteiger partial charge < -0.3 is 14.8 Å². The number of phenolic OH excluding ortho intramolecular Hbond substituents is 2. The van der Waals surface area contributed by atoms with Crippen LogP contribution in [0.5, 0.6) is 11.5 Å². The fourth-order valence-corrected chi connectivity index (χ4v) is 3.60. The van der Waals surface area contributed by atoms with Crippen LogP contribution in [0.2, 0.25) is 0 Å². The van der Waals surface area contributed by atoms with Gasteiger partial charge in [0.25, 0.3) is 0 Å². The van der Waals surface area contributed by atoms with Gasteiger partial charge in [-0.2, -0.15) is 0 Å². The van der Waals surface area contributed by atoms with E-state index in [1.54, 1.807) is 26.0 Å². The van der Waals surface area contributed by atoms with E-state index in [1.807, 2.05) is 13.0 Å². The van der Waals surface area contributed by atoms with Crippen molar-refractivity contribution in [1.29, 1.82) is 0 Å². The summed E-state index contributed by atoms with van der Waals surface area (Å²) in [5.74, 6) is -0.516. The molecule has 8 heteroatoms. The Kier molecular flexibility index (Phi) is 4.63. The number of nitrogens with zero attached hydrogens (tertiary/aromatic N) is 2. The zero-order valence-electron chi connectivity index (χ0n) is 14.9. The van der Waals surface area contributed by atoms with E-state index < -0.39 is 20.8 Å². The molecule has 0 fully saturated rings. The van der Waals surface area contributed by atoms with E-state index >= 15 is 0 Å². The molecule has 0 saturated heterocycles. The van der Waals surface area contributed by atoms with Crippen molar-refractivity contribution in [2.45, 2.75) is 25.7 Å². The molecule has 27 heavy (non-hydrogen) atoms. The molecule has 0 heterocycles. The summed E-state index contributed by atoms with van der Waals surface area (Å²) in [6.07, 6.45) is 0. The summed E-state index contributed by atoms with van der Waals surface area (Å²) in [5.41, 5.74) is 2.55. The molecular formula is C19H17N2O5S-. The van der Waals surface area contributed by atoms with Crippen LogP contribution >= 0.6 is 0 Å². The summed E-state index contributed by atoms with van der Waals surface area (Å²) in [6.45, 7) is 5.40. The van der Waals surface area contributed by atoms with Crippen molar-refractivity contribution in [3.8, 4) is 11.5 Å². The summed E-state index contributed by atoms with van der Waals surface area (Å²) < 4.78 is 34.5. The van der Waals surface area contributed by atoms with Gasteiger partial charge in [-0.25, -0.2) is 8.42 Å². The summed E-state index contributed by atoms with van der Waals surface area (Å²) in [4.78, 5) is -0.528. The standard InChI is InChI=1S/C19H18N2O5S/c1-10-8-11(2)19(23)17(12(10)3)20-21-18-14-7-5-4-6-13(14)16(9-15(18)22)27(24,25)26/h4-9,22-23H,1-3H3,(H,24,25,26)/p-1. The van der Waals surface area contributed by atoms with Crippen LogP contribution in [0.15, 0.2) is 51.5 Å². The molecule has 3 rings (SSSR count). The lowest BCUT2D eigenvalue weighted by atomic mass is 10.0. The number of benzene rings is 3. The number of fused-ring (bicyclic) bond motifs is 1. The molecular weight excluding hydrogens is 368 g/mol. The summed E-state index contributed by atoms with van der Waals surface area (Å²) in [5, 5.41) is 29.1. The van der Waals surface area contributed by atoms with Gasteiger partial charge in [-0.05, 0) is 37.5 Å². The van der Waals surface area contributed by atoms with Gasteiger partial charge in [0.15, 0.2) is 0 Å². The van der Waals surface area contributed by atoms with E-state index in [4.69, 9.17) is 0 Å². The van der Waals surface area contributed by atoms with Crippen molar-refractivity contribution in [2.75, 3.05) is 0 Å². The van der Waals surface area contributed by atoms with Crippen molar-refractivity contribution in [3.63, 3.8) is 0 Å². The molecule has 0 aromatic heterocycles. The van der Waals surface area contributed by atoms with Gasteiger partial charge in [0.1, 0.15) is 33.0 Å². The van der Waals surface area contributed by atoms with Crippen molar-refractivity contribution in [1.82, 2.24) is 0 Å². The highest BCUT2D eigenvalue weighted by Crippen LogP contribution is 2.42. The van der Waals surface area contributed by atoms with Crippen molar-refractivity contribution < 1.29 is 23.2 Å². The molecule has 0 unspecified atom stereocenters. The molecule has 0 amide bonds. The number of phenols is 2. The Balaban J connectivity index is 2.26. The highest BCUT2D eigenvalue weighted by Gasteiger charge is 2.16. The number of aryl methyl sites for hydroxylation is 2. The van der Waals surface area contributed by atoms with E-state index in [-0.39, 0.29) is 27.9 Å². The SMILES string of the molecule is Cc1cc(C)c(O)c(N=Nc2c(O)cc(S(=O)(=O)[O-])c3ccccc23)c1C. The molecule has 3 aromatic rings. The van der Waals surface area contributed by atoms with Gasteiger partial charge >= 0.3 is 0 Å². The van der Waals surface area contributed by atoms with Crippen LogP contribution in [0.4, 0.5) is 11.4 Å². The fraction of sp³-hybridized carbons (Fsp3) is 0.158. The van der Waals surface area contributed by atoms with Crippen LogP contribution in [0.25, 0.3) is 10.8 Å². The van der Waals surface area contributed by atoms with E-state index in [0.29, 0.717) is 5.56 Å². The number of hydrogen-bond donors (Lipinski definition) is 2. The first-order chi connectivity index (χ1) is 12.6. The maximum atomic E-state index is 11.5. The lowest BCUT2D eigenvalue weighted by molar-refractivity contribution is 0.458. The second kappa shape index (κ2) is 6.64. The van der Waals surface area contributed by atoms with E-state index in [1.165, 1.54) is 12.1 Å². The Morgan fingerprint density at radius 2 is 1.48 bits per heavy atom. The minimum absolute atomic E-state index is 0.0101. The molecule has 0 bridgehead atoms. The Labute approximate surface area is 156 Å². The predicted octanol–water partition coefficient (Wildman–Crippen LogP) is 4.50. The van der Waals surface area contributed by atoms with Gasteiger partial charge in [0, 0.05) is 16.8 Å². The van der Waals surface area contributed by atoms with Gasteiger partial charge in [0.05, 0.1) is 4.90 Å². The average Bonchev–Trinajstić information content (AvgIpc) is 2.60. The first kappa shape index (κ1) is 18.8. The first-order valence-electron chi connectivity index (χ1n) is 8.03. The van der Waals surface area contributed by atoms with Crippen LogP contribution in [-0.4, -0.2) is 23.2 Å². The van der Waals surface area contributed by atoms with E-state index in [0.717, 1.165) is 17.2 Å². The molecule has 0 spiro atoms. The number of azo groups is 1. The Morgan fingerprint density at radius 3 is 2.11 bits per heavy atom. The van der Waals surface area contributed by atoms with Crippen LogP contribution in [-0.2, 0) is 10.1 Å². The monoisotopic (exact) mass is 385 g/mol. The summed E-state index contributed by atoms with van der Waals surface area (Å²) >= 11 is 0. The molecule has 0 aliphatic heterocycles. The molecule has 2 N–H and O–H groups in total. The molecule has 140 valence electrons. The topological polar surface area (TPSA) is 122 Å². The van der Waals surface area contributed by atoms with Crippen LogP contribution in [0.3, 0.4) is 0 Å². The number of hydrogen-bond acceptors (Lipinski definition) is 7. The van der Waals surface area contributed by atoms with Crippen molar-refractivity contribution >= 4 is 32.3 Å². The average molecular weight is 385 g/mol. The van der Waals surface area contributed by atoms with Crippen molar-refractivity contribution in [2.24, 2.45) is 10.2 Å². The minimum atomic E-state index is -4.78. The fourth-order valence-electron chi connectivity index (χ4n) is 2.90. The van der Waals surface area contributed by atoms with Gasteiger partial charge in [-0.15, -0.1) is 10.2 Å². The number of aromatic hydroxyl groups is 2. The smallest absolute Gasteiger partial charge is 0.146 e. The molecule has 0 radical (unpaired) electrons. The largest absolute Gasteiger partial charge is 0.744 e. The van der Waals surface area contributed by atoms with Crippen molar-refractivity contribution in [3.05, 3.63) is 53.1 Å². The highest BCUT2D eigenvalue weighted by atomic mass is 32.2. The molecule has 0 saturated carbocycles. The van der Waals surface area contributed by atoms with Gasteiger partial charge in [0.2, 0.25) is 0 Å². The highest BCUT2D eigenvalue weighted by molar-refractivity contribution is 7.86. The zero-order valence-corrected chi connectivity index (χ0v) is 15.7. The molecule has 3 aromatic carbocycles. The second-order valence-corrected chi connectivity index (χ2v) is 7.62. The lowest BCUT2D eigenvalue weighted by Gasteiger charge is -2.13. The summed E-state index contributed by atoms with van der Waals surface area (Å²) in [7, 11) is -4.78. The third-order valence-corrected chi connectivity index (χ3v) is 5.33. The Hall–Kier alpha value is -2.97. The summed E-state index contributed by atoms with van der Waals surface area (Å²) in [6, 6.07) is 8.89. The normalized spacial score (nSPS) is 12.1.